The van der Waals surface area contributed by atoms with Gasteiger partial charge in [-0.05, 0) is 24.7 Å². The molecule has 2 rings (SSSR count). The first kappa shape index (κ1) is 16.1. The Labute approximate surface area is 131 Å². The van der Waals surface area contributed by atoms with Crippen molar-refractivity contribution in [1.29, 1.82) is 0 Å². The highest BCUT2D eigenvalue weighted by atomic mass is 32.1. The summed E-state index contributed by atoms with van der Waals surface area (Å²) in [6.07, 6.45) is 3.13. The number of carbonyl (C=O) groups is 1. The molecule has 0 atom stereocenters. The Hall–Kier alpha value is -1.30. The van der Waals surface area contributed by atoms with Gasteiger partial charge >= 0.3 is 0 Å². The van der Waals surface area contributed by atoms with E-state index in [-0.39, 0.29) is 5.91 Å². The molecule has 0 bridgehead atoms. The molecule has 0 saturated carbocycles. The summed E-state index contributed by atoms with van der Waals surface area (Å²) >= 11 is 1.41. The minimum absolute atomic E-state index is 0.0386. The molecule has 0 radical (unpaired) electrons. The molecule has 1 aromatic rings. The Kier molecular flexibility index (Phi) is 4.76. The van der Waals surface area contributed by atoms with Crippen molar-refractivity contribution in [3.8, 4) is 0 Å². The third kappa shape index (κ3) is 3.67. The number of rotatable bonds is 4. The minimum atomic E-state index is 0.0386. The zero-order chi connectivity index (χ0) is 15.6. The van der Waals surface area contributed by atoms with Gasteiger partial charge in [-0.2, -0.15) is 0 Å². The highest BCUT2D eigenvalue weighted by Gasteiger charge is 2.30. The van der Waals surface area contributed by atoms with Crippen molar-refractivity contribution >= 4 is 28.2 Å². The van der Waals surface area contributed by atoms with Crippen LogP contribution in [0.4, 0.5) is 10.9 Å². The number of amides is 1. The summed E-state index contributed by atoms with van der Waals surface area (Å²) in [7, 11) is 1.99. The molecular formula is C15H26N4OS. The van der Waals surface area contributed by atoms with E-state index >= 15 is 0 Å². The van der Waals surface area contributed by atoms with Crippen LogP contribution >= 0.6 is 11.3 Å². The Balaban J connectivity index is 2.09. The molecule has 1 aromatic heterocycles. The summed E-state index contributed by atoms with van der Waals surface area (Å²) in [5, 5.41) is 0.829. The van der Waals surface area contributed by atoms with E-state index in [9.17, 15) is 4.79 Å². The summed E-state index contributed by atoms with van der Waals surface area (Å²) in [5.74, 6) is 0.407. The van der Waals surface area contributed by atoms with Crippen molar-refractivity contribution in [1.82, 2.24) is 9.88 Å². The molecule has 1 saturated heterocycles. The lowest BCUT2D eigenvalue weighted by molar-refractivity contribution is 0.0636. The number of aromatic nitrogens is 1. The molecule has 5 nitrogen and oxygen atoms in total. The van der Waals surface area contributed by atoms with Crippen LogP contribution < -0.4 is 10.6 Å². The summed E-state index contributed by atoms with van der Waals surface area (Å²) in [6.45, 7) is 9.17. The van der Waals surface area contributed by atoms with Gasteiger partial charge in [-0.25, -0.2) is 4.98 Å². The topological polar surface area (TPSA) is 62.5 Å². The fraction of sp³-hybridized carbons (Fsp3) is 0.733. The molecule has 0 unspecified atom stereocenters. The molecule has 2 heterocycles. The van der Waals surface area contributed by atoms with Gasteiger partial charge in [-0.1, -0.05) is 32.1 Å². The predicted molar refractivity (Wildman–Crippen MR) is 89.0 cm³/mol. The van der Waals surface area contributed by atoms with E-state index in [0.29, 0.717) is 16.1 Å². The van der Waals surface area contributed by atoms with Gasteiger partial charge in [0.15, 0.2) is 5.13 Å². The van der Waals surface area contributed by atoms with Gasteiger partial charge < -0.3 is 15.5 Å². The molecule has 0 aromatic carbocycles. The number of hydrogen-bond acceptors (Lipinski definition) is 5. The van der Waals surface area contributed by atoms with Crippen molar-refractivity contribution < 1.29 is 4.79 Å². The monoisotopic (exact) mass is 310 g/mol. The number of nitrogens with two attached hydrogens (primary N) is 1. The first-order valence-corrected chi connectivity index (χ1v) is 8.42. The van der Waals surface area contributed by atoms with Gasteiger partial charge in [0, 0.05) is 26.7 Å². The van der Waals surface area contributed by atoms with Crippen LogP contribution in [0.5, 0.6) is 0 Å². The molecule has 1 aliphatic heterocycles. The first-order chi connectivity index (χ1) is 9.84. The molecular weight excluding hydrogens is 284 g/mol. The van der Waals surface area contributed by atoms with Crippen molar-refractivity contribution in [2.45, 2.75) is 40.0 Å². The van der Waals surface area contributed by atoms with E-state index in [1.807, 2.05) is 11.9 Å². The van der Waals surface area contributed by atoms with Crippen molar-refractivity contribution in [2.75, 3.05) is 37.3 Å². The quantitative estimate of drug-likeness (QED) is 0.929. The molecule has 1 amide bonds. The van der Waals surface area contributed by atoms with Gasteiger partial charge in [0.2, 0.25) is 0 Å². The van der Waals surface area contributed by atoms with E-state index in [1.54, 1.807) is 0 Å². The van der Waals surface area contributed by atoms with E-state index < -0.39 is 0 Å². The fourth-order valence-corrected chi connectivity index (χ4v) is 3.47. The average molecular weight is 310 g/mol. The normalized spacial score (nSPS) is 17.8. The molecule has 118 valence electrons. The lowest BCUT2D eigenvalue weighted by Crippen LogP contribution is -2.41. The second-order valence-corrected chi connectivity index (χ2v) is 7.57. The van der Waals surface area contributed by atoms with E-state index in [4.69, 9.17) is 5.73 Å². The van der Waals surface area contributed by atoms with Gasteiger partial charge in [0.05, 0.1) is 0 Å². The van der Waals surface area contributed by atoms with Crippen LogP contribution in [0.3, 0.4) is 0 Å². The summed E-state index contributed by atoms with van der Waals surface area (Å²) in [4.78, 5) is 21.5. The third-order valence-electron chi connectivity index (χ3n) is 4.13. The summed E-state index contributed by atoms with van der Waals surface area (Å²) in [6, 6.07) is 0. The number of nitrogens with zero attached hydrogens (tertiary/aromatic N) is 3. The lowest BCUT2D eigenvalue weighted by Gasteiger charge is -2.36. The second kappa shape index (κ2) is 6.22. The van der Waals surface area contributed by atoms with Gasteiger partial charge in [-0.15, -0.1) is 0 Å². The number of thiazole rings is 1. The number of nitrogen functional groups attached to an aromatic ring is 1. The average Bonchev–Trinajstić information content (AvgIpc) is 2.80. The third-order valence-corrected chi connectivity index (χ3v) is 5.30. The van der Waals surface area contributed by atoms with Crippen LogP contribution in [0.25, 0.3) is 0 Å². The van der Waals surface area contributed by atoms with Gasteiger partial charge in [0.1, 0.15) is 10.7 Å². The Morgan fingerprint density at radius 3 is 2.62 bits per heavy atom. The number of piperidine rings is 1. The zero-order valence-corrected chi connectivity index (χ0v) is 14.3. The Morgan fingerprint density at radius 1 is 1.43 bits per heavy atom. The Bertz CT molecular complexity index is 502. The van der Waals surface area contributed by atoms with Crippen LogP contribution in [-0.2, 0) is 0 Å². The number of anilines is 2. The highest BCUT2D eigenvalue weighted by Crippen LogP contribution is 2.33. The molecule has 0 spiro atoms. The van der Waals surface area contributed by atoms with Crippen LogP contribution in [0.1, 0.15) is 49.7 Å². The number of likely N-dealkylation sites (tertiary alicyclic amines) is 1. The zero-order valence-electron chi connectivity index (χ0n) is 13.5. The highest BCUT2D eigenvalue weighted by molar-refractivity contribution is 7.18. The molecule has 6 heteroatoms. The summed E-state index contributed by atoms with van der Waals surface area (Å²) < 4.78 is 0. The minimum Gasteiger partial charge on any atom is -0.382 e. The standard InChI is InChI=1S/C15H26N4OS/c1-5-8-18(4)14-17-12(16)11(21-14)13(20)19-9-6-15(2,3)7-10-19/h5-10,16H2,1-4H3. The second-order valence-electron chi connectivity index (χ2n) is 6.59. The molecule has 1 aliphatic rings. The van der Waals surface area contributed by atoms with Crippen LogP contribution in [0.2, 0.25) is 0 Å². The van der Waals surface area contributed by atoms with E-state index in [0.717, 1.165) is 44.0 Å². The van der Waals surface area contributed by atoms with E-state index in [2.05, 4.69) is 30.7 Å². The lowest BCUT2D eigenvalue weighted by atomic mass is 9.82. The Morgan fingerprint density at radius 2 is 2.05 bits per heavy atom. The molecule has 0 aliphatic carbocycles. The number of carbonyl (C=O) groups excluding carboxylic acids is 1. The van der Waals surface area contributed by atoms with Crippen molar-refractivity contribution in [2.24, 2.45) is 5.41 Å². The van der Waals surface area contributed by atoms with Crippen LogP contribution in [-0.4, -0.2) is 42.5 Å². The molecule has 21 heavy (non-hydrogen) atoms. The van der Waals surface area contributed by atoms with Crippen LogP contribution in [0, 0.1) is 5.41 Å². The molecule has 1 fully saturated rings. The first-order valence-electron chi connectivity index (χ1n) is 7.61. The predicted octanol–water partition coefficient (Wildman–Crippen LogP) is 2.83. The smallest absolute Gasteiger partial charge is 0.267 e. The summed E-state index contributed by atoms with van der Waals surface area (Å²) in [5.41, 5.74) is 6.30. The van der Waals surface area contributed by atoms with Crippen LogP contribution in [0.15, 0.2) is 0 Å². The number of hydrogen-bond donors (Lipinski definition) is 1. The SMILES string of the molecule is CCCN(C)c1nc(N)c(C(=O)N2CCC(C)(C)CC2)s1. The molecule has 2 N–H and O–H groups in total. The maximum absolute atomic E-state index is 12.6. The van der Waals surface area contributed by atoms with Gasteiger partial charge in [-0.3, -0.25) is 4.79 Å². The maximum Gasteiger partial charge on any atom is 0.267 e. The van der Waals surface area contributed by atoms with Crippen molar-refractivity contribution in [3.63, 3.8) is 0 Å². The van der Waals surface area contributed by atoms with Gasteiger partial charge in [0.25, 0.3) is 5.91 Å². The largest absolute Gasteiger partial charge is 0.382 e. The fourth-order valence-electron chi connectivity index (χ4n) is 2.53. The van der Waals surface area contributed by atoms with Crippen molar-refractivity contribution in [3.05, 3.63) is 4.88 Å². The maximum atomic E-state index is 12.6. The van der Waals surface area contributed by atoms with E-state index in [1.165, 1.54) is 11.3 Å².